The largest absolute Gasteiger partial charge is 0.493 e. The van der Waals surface area contributed by atoms with Crippen LogP contribution in [-0.2, 0) is 16.0 Å². The molecule has 0 unspecified atom stereocenters. The summed E-state index contributed by atoms with van der Waals surface area (Å²) in [5.41, 5.74) is 1.56. The van der Waals surface area contributed by atoms with Gasteiger partial charge in [-0.05, 0) is 37.6 Å². The van der Waals surface area contributed by atoms with Crippen molar-refractivity contribution in [3.63, 3.8) is 0 Å². The van der Waals surface area contributed by atoms with Gasteiger partial charge < -0.3 is 19.5 Å². The fourth-order valence-electron chi connectivity index (χ4n) is 1.81. The van der Waals surface area contributed by atoms with Crippen LogP contribution < -0.4 is 14.8 Å². The lowest BCUT2D eigenvalue weighted by atomic mass is 10.1. The Morgan fingerprint density at radius 1 is 1.24 bits per heavy atom. The zero-order chi connectivity index (χ0) is 15.7. The van der Waals surface area contributed by atoms with E-state index in [4.69, 9.17) is 14.2 Å². The third-order valence-electron chi connectivity index (χ3n) is 2.94. The molecule has 116 valence electrons. The number of carbonyl (C=O) groups is 1. The summed E-state index contributed by atoms with van der Waals surface area (Å²) in [6.45, 7) is 6.99. The molecule has 0 saturated carbocycles. The Balaban J connectivity index is 2.39. The Kier molecular flexibility index (Phi) is 7.32. The highest BCUT2D eigenvalue weighted by Gasteiger charge is 2.07. The topological polar surface area (TPSA) is 56.8 Å². The van der Waals surface area contributed by atoms with E-state index >= 15 is 0 Å². The summed E-state index contributed by atoms with van der Waals surface area (Å²) in [4.78, 5) is 11.4. The van der Waals surface area contributed by atoms with Gasteiger partial charge in [0, 0.05) is 12.1 Å². The Morgan fingerprint density at radius 2 is 1.95 bits per heavy atom. The molecule has 0 fully saturated rings. The van der Waals surface area contributed by atoms with Crippen molar-refractivity contribution in [1.29, 1.82) is 0 Å². The smallest absolute Gasteiger partial charge is 0.334 e. The van der Waals surface area contributed by atoms with Crippen LogP contribution in [0, 0.1) is 0 Å². The molecule has 1 N–H and O–H groups in total. The third-order valence-corrected chi connectivity index (χ3v) is 2.94. The van der Waals surface area contributed by atoms with E-state index in [9.17, 15) is 4.79 Å². The molecule has 0 radical (unpaired) electrons. The first-order chi connectivity index (χ1) is 10.1. The van der Waals surface area contributed by atoms with Gasteiger partial charge in [0.05, 0.1) is 20.8 Å². The molecule has 0 aliphatic rings. The van der Waals surface area contributed by atoms with Crippen molar-refractivity contribution in [1.82, 2.24) is 5.32 Å². The molecule has 0 bridgehead atoms. The zero-order valence-corrected chi connectivity index (χ0v) is 12.9. The fourth-order valence-corrected chi connectivity index (χ4v) is 1.81. The minimum Gasteiger partial charge on any atom is -0.493 e. The standard InChI is InChI=1S/C16H23NO4/c1-5-21-16(18)12(2)11-17-9-8-13-6-7-14(19-3)15(10-13)20-4/h6-7,10,17H,2,5,8-9,11H2,1,3-4H3. The Hall–Kier alpha value is -2.01. The van der Waals surface area contributed by atoms with Gasteiger partial charge in [-0.15, -0.1) is 0 Å². The average molecular weight is 293 g/mol. The van der Waals surface area contributed by atoms with E-state index in [1.54, 1.807) is 21.1 Å². The minimum atomic E-state index is -0.351. The van der Waals surface area contributed by atoms with Crippen molar-refractivity contribution in [2.24, 2.45) is 0 Å². The van der Waals surface area contributed by atoms with Crippen LogP contribution in [0.3, 0.4) is 0 Å². The van der Waals surface area contributed by atoms with E-state index in [1.165, 1.54) is 0 Å². The number of carbonyl (C=O) groups excluding carboxylic acids is 1. The van der Waals surface area contributed by atoms with Gasteiger partial charge in [-0.2, -0.15) is 0 Å². The third kappa shape index (κ3) is 5.47. The van der Waals surface area contributed by atoms with E-state index in [0.717, 1.165) is 18.5 Å². The summed E-state index contributed by atoms with van der Waals surface area (Å²) in [5, 5.41) is 3.17. The van der Waals surface area contributed by atoms with Gasteiger partial charge in [0.15, 0.2) is 11.5 Å². The van der Waals surface area contributed by atoms with Crippen LogP contribution in [-0.4, -0.2) is 39.9 Å². The molecule has 0 spiro atoms. The molecule has 0 aliphatic carbocycles. The van der Waals surface area contributed by atoms with Gasteiger partial charge in [0.25, 0.3) is 0 Å². The van der Waals surface area contributed by atoms with Crippen LogP contribution in [0.25, 0.3) is 0 Å². The molecule has 1 aromatic carbocycles. The lowest BCUT2D eigenvalue weighted by molar-refractivity contribution is -0.138. The van der Waals surface area contributed by atoms with Gasteiger partial charge in [-0.1, -0.05) is 12.6 Å². The van der Waals surface area contributed by atoms with Crippen LogP contribution in [0.1, 0.15) is 12.5 Å². The number of ether oxygens (including phenoxy) is 3. The summed E-state index contributed by atoms with van der Waals surface area (Å²) < 4.78 is 15.3. The molecule has 5 nitrogen and oxygen atoms in total. The maximum atomic E-state index is 11.4. The number of methoxy groups -OCH3 is 2. The molecular formula is C16H23NO4. The lowest BCUT2D eigenvalue weighted by Gasteiger charge is -2.10. The summed E-state index contributed by atoms with van der Waals surface area (Å²) in [6, 6.07) is 5.82. The summed E-state index contributed by atoms with van der Waals surface area (Å²) in [7, 11) is 3.23. The number of rotatable bonds is 9. The van der Waals surface area contributed by atoms with Crippen molar-refractivity contribution in [3.8, 4) is 11.5 Å². The van der Waals surface area contributed by atoms with Crippen molar-refractivity contribution < 1.29 is 19.0 Å². The second kappa shape index (κ2) is 9.02. The highest BCUT2D eigenvalue weighted by molar-refractivity contribution is 5.88. The summed E-state index contributed by atoms with van der Waals surface area (Å²) in [6.07, 6.45) is 0.816. The quantitative estimate of drug-likeness (QED) is 0.428. The van der Waals surface area contributed by atoms with E-state index in [1.807, 2.05) is 18.2 Å². The van der Waals surface area contributed by atoms with Gasteiger partial charge in [0.1, 0.15) is 0 Å². The molecule has 0 saturated heterocycles. The van der Waals surface area contributed by atoms with Crippen molar-refractivity contribution in [3.05, 3.63) is 35.9 Å². The van der Waals surface area contributed by atoms with Gasteiger partial charge in [-0.3, -0.25) is 0 Å². The molecule has 5 heteroatoms. The first-order valence-corrected chi connectivity index (χ1v) is 6.88. The Morgan fingerprint density at radius 3 is 2.57 bits per heavy atom. The van der Waals surface area contributed by atoms with Gasteiger partial charge >= 0.3 is 5.97 Å². The van der Waals surface area contributed by atoms with E-state index in [0.29, 0.717) is 30.2 Å². The highest BCUT2D eigenvalue weighted by atomic mass is 16.5. The molecule has 0 amide bonds. The number of esters is 1. The number of benzene rings is 1. The molecule has 1 rings (SSSR count). The van der Waals surface area contributed by atoms with Crippen molar-refractivity contribution in [2.45, 2.75) is 13.3 Å². The van der Waals surface area contributed by atoms with Crippen LogP contribution in [0.4, 0.5) is 0 Å². The van der Waals surface area contributed by atoms with E-state index < -0.39 is 0 Å². The molecule has 0 aromatic heterocycles. The maximum Gasteiger partial charge on any atom is 0.334 e. The molecule has 1 aromatic rings. The normalized spacial score (nSPS) is 10.0. The van der Waals surface area contributed by atoms with Crippen molar-refractivity contribution >= 4 is 5.97 Å². The van der Waals surface area contributed by atoms with E-state index in [-0.39, 0.29) is 5.97 Å². The maximum absolute atomic E-state index is 11.4. The average Bonchev–Trinajstić information content (AvgIpc) is 2.51. The monoisotopic (exact) mass is 293 g/mol. The second-order valence-electron chi connectivity index (χ2n) is 4.44. The van der Waals surface area contributed by atoms with Crippen LogP contribution in [0.2, 0.25) is 0 Å². The Labute approximate surface area is 125 Å². The lowest BCUT2D eigenvalue weighted by Crippen LogP contribution is -2.23. The second-order valence-corrected chi connectivity index (χ2v) is 4.44. The summed E-state index contributed by atoms with van der Waals surface area (Å²) in [5.74, 6) is 1.08. The number of hydrogen-bond acceptors (Lipinski definition) is 5. The molecule has 0 atom stereocenters. The van der Waals surface area contributed by atoms with Crippen LogP contribution in [0.5, 0.6) is 11.5 Å². The van der Waals surface area contributed by atoms with Gasteiger partial charge in [0.2, 0.25) is 0 Å². The first kappa shape index (κ1) is 17.0. The van der Waals surface area contributed by atoms with E-state index in [2.05, 4.69) is 11.9 Å². The van der Waals surface area contributed by atoms with Crippen LogP contribution >= 0.6 is 0 Å². The summed E-state index contributed by atoms with van der Waals surface area (Å²) >= 11 is 0. The molecular weight excluding hydrogens is 270 g/mol. The first-order valence-electron chi connectivity index (χ1n) is 6.88. The molecule has 0 aliphatic heterocycles. The van der Waals surface area contributed by atoms with Crippen LogP contribution in [0.15, 0.2) is 30.4 Å². The highest BCUT2D eigenvalue weighted by Crippen LogP contribution is 2.27. The number of nitrogens with one attached hydrogen (secondary N) is 1. The Bertz CT molecular complexity index is 485. The zero-order valence-electron chi connectivity index (χ0n) is 12.9. The van der Waals surface area contributed by atoms with Crippen molar-refractivity contribution in [2.75, 3.05) is 33.9 Å². The minimum absolute atomic E-state index is 0.351. The predicted molar refractivity (Wildman–Crippen MR) is 81.9 cm³/mol. The SMILES string of the molecule is C=C(CNCCc1ccc(OC)c(OC)c1)C(=O)OCC. The number of hydrogen-bond donors (Lipinski definition) is 1. The fraction of sp³-hybridized carbons (Fsp3) is 0.438. The molecule has 0 heterocycles. The van der Waals surface area contributed by atoms with Gasteiger partial charge in [-0.25, -0.2) is 4.79 Å². The molecule has 21 heavy (non-hydrogen) atoms. The predicted octanol–water partition coefficient (Wildman–Crippen LogP) is 1.96.